The number of carbonyl (C=O) groups excluding carboxylic acids is 1. The van der Waals surface area contributed by atoms with E-state index in [1.54, 1.807) is 0 Å². The first-order valence-electron chi connectivity index (χ1n) is 9.88. The van der Waals surface area contributed by atoms with Crippen molar-refractivity contribution in [1.29, 1.82) is 0 Å². The summed E-state index contributed by atoms with van der Waals surface area (Å²) in [6, 6.07) is 14.7. The minimum atomic E-state index is -0.521. The van der Waals surface area contributed by atoms with Crippen LogP contribution in [-0.4, -0.2) is 23.0 Å². The molecule has 1 amide bonds. The van der Waals surface area contributed by atoms with Gasteiger partial charge in [0.1, 0.15) is 11.6 Å². The summed E-state index contributed by atoms with van der Waals surface area (Å²) in [7, 11) is 0. The van der Waals surface area contributed by atoms with Crippen LogP contribution in [-0.2, 0) is 0 Å². The number of para-hydroxylation sites is 1. The maximum atomic E-state index is 13.3. The van der Waals surface area contributed by atoms with Gasteiger partial charge < -0.3 is 10.6 Å². The molecule has 4 rings (SSSR count). The molecule has 4 nitrogen and oxygen atoms in total. The van der Waals surface area contributed by atoms with Gasteiger partial charge in [-0.05, 0) is 68.5 Å². The molecule has 29 heavy (non-hydrogen) atoms. The molecular weight excluding hydrogens is 389 g/mol. The Morgan fingerprint density at radius 1 is 1.07 bits per heavy atom. The molecule has 2 aromatic carbocycles. The summed E-state index contributed by atoms with van der Waals surface area (Å²) in [5.74, 6) is 0.164. The number of amides is 1. The maximum absolute atomic E-state index is 13.3. The first-order valence-corrected chi connectivity index (χ1v) is 10.3. The van der Waals surface area contributed by atoms with Crippen molar-refractivity contribution in [1.82, 2.24) is 10.3 Å². The Balaban J connectivity index is 1.33. The number of rotatable bonds is 4. The molecule has 0 aliphatic heterocycles. The fraction of sp³-hybridized carbons (Fsp3) is 0.304. The molecule has 6 heteroatoms. The molecule has 0 radical (unpaired) electrons. The summed E-state index contributed by atoms with van der Waals surface area (Å²) in [5.41, 5.74) is 2.58. The van der Waals surface area contributed by atoms with Gasteiger partial charge in [-0.2, -0.15) is 0 Å². The number of hydrogen-bond donors (Lipinski definition) is 2. The van der Waals surface area contributed by atoms with Crippen molar-refractivity contribution in [2.24, 2.45) is 0 Å². The van der Waals surface area contributed by atoms with E-state index >= 15 is 0 Å². The molecule has 1 heterocycles. The molecule has 0 saturated heterocycles. The predicted molar refractivity (Wildman–Crippen MR) is 115 cm³/mol. The summed E-state index contributed by atoms with van der Waals surface area (Å²) in [6.45, 7) is 2.10. The second kappa shape index (κ2) is 8.37. The molecule has 1 fully saturated rings. The smallest absolute Gasteiger partial charge is 0.251 e. The lowest BCUT2D eigenvalue weighted by Gasteiger charge is -2.30. The van der Waals surface area contributed by atoms with Crippen molar-refractivity contribution >= 4 is 34.2 Å². The summed E-state index contributed by atoms with van der Waals surface area (Å²) in [6.07, 6.45) is 3.65. The van der Waals surface area contributed by atoms with E-state index in [1.807, 2.05) is 18.2 Å². The molecule has 1 saturated carbocycles. The van der Waals surface area contributed by atoms with Gasteiger partial charge in [0.15, 0.2) is 0 Å². The van der Waals surface area contributed by atoms with Crippen LogP contribution in [0.4, 0.5) is 10.2 Å². The van der Waals surface area contributed by atoms with E-state index in [2.05, 4.69) is 29.7 Å². The first-order chi connectivity index (χ1) is 14.0. The van der Waals surface area contributed by atoms with Crippen molar-refractivity contribution in [3.05, 3.63) is 70.5 Å². The Morgan fingerprint density at radius 2 is 1.79 bits per heavy atom. The zero-order valence-corrected chi connectivity index (χ0v) is 17.0. The summed E-state index contributed by atoms with van der Waals surface area (Å²) < 4.78 is 13.3. The number of anilines is 1. The molecule has 1 aromatic heterocycles. The van der Waals surface area contributed by atoms with Crippen LogP contribution in [0, 0.1) is 12.7 Å². The van der Waals surface area contributed by atoms with Gasteiger partial charge >= 0.3 is 0 Å². The number of nitrogens with zero attached hydrogens (tertiary/aromatic N) is 1. The normalized spacial score (nSPS) is 19.1. The van der Waals surface area contributed by atoms with E-state index in [1.165, 1.54) is 29.1 Å². The number of halogens is 2. The van der Waals surface area contributed by atoms with Gasteiger partial charge in [0.05, 0.1) is 10.5 Å². The third kappa shape index (κ3) is 4.51. The Bertz CT molecular complexity index is 1050. The van der Waals surface area contributed by atoms with Crippen molar-refractivity contribution in [2.45, 2.75) is 44.7 Å². The Hall–Kier alpha value is -2.66. The van der Waals surface area contributed by atoms with Crippen molar-refractivity contribution in [3.63, 3.8) is 0 Å². The number of hydrogen-bond acceptors (Lipinski definition) is 3. The van der Waals surface area contributed by atoms with Crippen molar-refractivity contribution in [2.75, 3.05) is 5.32 Å². The largest absolute Gasteiger partial charge is 0.367 e. The van der Waals surface area contributed by atoms with Gasteiger partial charge in [0, 0.05) is 23.0 Å². The number of aromatic nitrogens is 1. The average Bonchev–Trinajstić information content (AvgIpc) is 2.71. The predicted octanol–water partition coefficient (Wildman–Crippen LogP) is 5.49. The highest BCUT2D eigenvalue weighted by Crippen LogP contribution is 2.25. The summed E-state index contributed by atoms with van der Waals surface area (Å²) in [4.78, 5) is 17.1. The molecular formula is C23H23ClFN3O. The third-order valence-corrected chi connectivity index (χ3v) is 5.81. The highest BCUT2D eigenvalue weighted by atomic mass is 35.5. The number of aryl methyl sites for hydroxylation is 1. The Morgan fingerprint density at radius 3 is 2.55 bits per heavy atom. The second-order valence-electron chi connectivity index (χ2n) is 7.64. The van der Waals surface area contributed by atoms with Crippen LogP contribution in [0.3, 0.4) is 0 Å². The fourth-order valence-electron chi connectivity index (χ4n) is 3.92. The SMILES string of the molecule is Cc1cc(NC2CCC(NC(=O)c3ccc(F)c(Cl)c3)CC2)nc2ccccc12. The quantitative estimate of drug-likeness (QED) is 0.597. The van der Waals surface area contributed by atoms with Crippen LogP contribution >= 0.6 is 11.6 Å². The van der Waals surface area contributed by atoms with E-state index in [4.69, 9.17) is 16.6 Å². The average molecular weight is 412 g/mol. The highest BCUT2D eigenvalue weighted by Gasteiger charge is 2.23. The maximum Gasteiger partial charge on any atom is 0.251 e. The van der Waals surface area contributed by atoms with E-state index in [0.29, 0.717) is 11.6 Å². The van der Waals surface area contributed by atoms with Gasteiger partial charge in [0.25, 0.3) is 5.91 Å². The van der Waals surface area contributed by atoms with Crippen molar-refractivity contribution < 1.29 is 9.18 Å². The van der Waals surface area contributed by atoms with Crippen LogP contribution in [0.5, 0.6) is 0 Å². The van der Waals surface area contributed by atoms with Crippen molar-refractivity contribution in [3.8, 4) is 0 Å². The van der Waals surface area contributed by atoms with Crippen LogP contribution in [0.15, 0.2) is 48.5 Å². The molecule has 1 aliphatic rings. The number of fused-ring (bicyclic) bond motifs is 1. The highest BCUT2D eigenvalue weighted by molar-refractivity contribution is 6.31. The number of pyridine rings is 1. The lowest BCUT2D eigenvalue weighted by Crippen LogP contribution is -2.40. The lowest BCUT2D eigenvalue weighted by atomic mass is 9.91. The van der Waals surface area contributed by atoms with Gasteiger partial charge in [-0.25, -0.2) is 9.37 Å². The minimum Gasteiger partial charge on any atom is -0.367 e. The van der Waals surface area contributed by atoms with Crippen LogP contribution < -0.4 is 10.6 Å². The topological polar surface area (TPSA) is 54.0 Å². The molecule has 3 aromatic rings. The summed E-state index contributed by atoms with van der Waals surface area (Å²) in [5, 5.41) is 7.72. The molecule has 1 aliphatic carbocycles. The molecule has 0 atom stereocenters. The van der Waals surface area contributed by atoms with Crippen LogP contribution in [0.25, 0.3) is 10.9 Å². The van der Waals surface area contributed by atoms with E-state index < -0.39 is 5.82 Å². The Labute approximate surface area is 174 Å². The van der Waals surface area contributed by atoms with E-state index in [9.17, 15) is 9.18 Å². The number of nitrogens with one attached hydrogen (secondary N) is 2. The van der Waals surface area contributed by atoms with E-state index in [-0.39, 0.29) is 17.0 Å². The Kier molecular flexibility index (Phi) is 5.67. The van der Waals surface area contributed by atoms with Gasteiger partial charge in [0.2, 0.25) is 0 Å². The lowest BCUT2D eigenvalue weighted by molar-refractivity contribution is 0.0926. The molecule has 0 spiro atoms. The molecule has 0 unspecified atom stereocenters. The summed E-state index contributed by atoms with van der Waals surface area (Å²) >= 11 is 5.78. The number of benzene rings is 2. The molecule has 2 N–H and O–H groups in total. The standard InChI is InChI=1S/C23H23ClFN3O/c1-14-12-22(28-21-5-3-2-4-18(14)21)26-16-7-9-17(10-8-16)27-23(29)15-6-11-20(25)19(24)13-15/h2-6,11-13,16-17H,7-10H2,1H3,(H,26,28)(H,27,29). The zero-order chi connectivity index (χ0) is 20.4. The molecule has 150 valence electrons. The molecule has 0 bridgehead atoms. The van der Waals surface area contributed by atoms with E-state index in [0.717, 1.165) is 37.0 Å². The van der Waals surface area contributed by atoms with Gasteiger partial charge in [-0.3, -0.25) is 4.79 Å². The second-order valence-corrected chi connectivity index (χ2v) is 8.04. The first kappa shape index (κ1) is 19.6. The monoisotopic (exact) mass is 411 g/mol. The number of carbonyl (C=O) groups is 1. The van der Waals surface area contributed by atoms with Crippen LogP contribution in [0.2, 0.25) is 5.02 Å². The van der Waals surface area contributed by atoms with Gasteiger partial charge in [-0.15, -0.1) is 0 Å². The zero-order valence-electron chi connectivity index (χ0n) is 16.2. The third-order valence-electron chi connectivity index (χ3n) is 5.52. The minimum absolute atomic E-state index is 0.0382. The fourth-order valence-corrected chi connectivity index (χ4v) is 4.10. The van der Waals surface area contributed by atoms with Gasteiger partial charge in [-0.1, -0.05) is 29.8 Å². The van der Waals surface area contributed by atoms with Crippen LogP contribution in [0.1, 0.15) is 41.6 Å².